The van der Waals surface area contributed by atoms with Crippen LogP contribution in [0.4, 0.5) is 4.39 Å². The third-order valence-electron chi connectivity index (χ3n) is 2.98. The van der Waals surface area contributed by atoms with Crippen LogP contribution in [0.2, 0.25) is 0 Å². The Morgan fingerprint density at radius 2 is 2.16 bits per heavy atom. The highest BCUT2D eigenvalue weighted by atomic mass is 35.5. The first-order chi connectivity index (χ1) is 8.97. The molecule has 0 radical (unpaired) electrons. The number of carbonyl (C=O) groups excluding carboxylic acids is 1. The van der Waals surface area contributed by atoms with Crippen molar-refractivity contribution in [3.05, 3.63) is 29.8 Å². The number of alkyl halides is 1. The van der Waals surface area contributed by atoms with Gasteiger partial charge >= 0.3 is 5.97 Å². The zero-order chi connectivity index (χ0) is 14.2. The molecular weight excluding hydrogens is 271 g/mol. The number of para-hydroxylation sites is 1. The molecule has 2 aromatic rings. The molecule has 0 bridgehead atoms. The molecule has 2 atom stereocenters. The number of esters is 1. The van der Waals surface area contributed by atoms with Crippen LogP contribution in [-0.2, 0) is 9.53 Å². The molecule has 6 heteroatoms. The zero-order valence-electron chi connectivity index (χ0n) is 10.9. The molecule has 4 nitrogen and oxygen atoms in total. The van der Waals surface area contributed by atoms with Crippen molar-refractivity contribution in [3.8, 4) is 0 Å². The van der Waals surface area contributed by atoms with Crippen molar-refractivity contribution in [3.63, 3.8) is 0 Å². The number of ether oxygens (including phenoxy) is 1. The largest absolute Gasteiger partial charge is 0.467 e. The van der Waals surface area contributed by atoms with Gasteiger partial charge in [-0.15, -0.1) is 11.6 Å². The molecule has 1 heterocycles. The van der Waals surface area contributed by atoms with Gasteiger partial charge in [0.25, 0.3) is 0 Å². The molecule has 2 rings (SSSR count). The topological polar surface area (TPSA) is 44.1 Å². The number of carbonyl (C=O) groups is 1. The number of nitrogens with zero attached hydrogens (tertiary/aromatic N) is 2. The molecule has 0 saturated heterocycles. The van der Waals surface area contributed by atoms with Crippen LogP contribution in [-0.4, -0.2) is 22.6 Å². The first kappa shape index (κ1) is 13.8. The summed E-state index contributed by atoms with van der Waals surface area (Å²) in [5, 5.41) is -0.445. The summed E-state index contributed by atoms with van der Waals surface area (Å²) in [7, 11) is 1.31. The van der Waals surface area contributed by atoms with Crippen molar-refractivity contribution in [2.24, 2.45) is 0 Å². The lowest BCUT2D eigenvalue weighted by atomic mass is 10.2. The van der Waals surface area contributed by atoms with Crippen molar-refractivity contribution in [1.82, 2.24) is 9.55 Å². The van der Waals surface area contributed by atoms with Gasteiger partial charge in [0.2, 0.25) is 0 Å². The maximum Gasteiger partial charge on any atom is 0.328 e. The summed E-state index contributed by atoms with van der Waals surface area (Å²) in [5.74, 6) is -0.423. The number of aromatic nitrogens is 2. The van der Waals surface area contributed by atoms with E-state index in [0.717, 1.165) is 0 Å². The van der Waals surface area contributed by atoms with Gasteiger partial charge in [-0.2, -0.15) is 0 Å². The third kappa shape index (κ3) is 2.30. The van der Waals surface area contributed by atoms with E-state index in [1.54, 1.807) is 30.5 Å². The van der Waals surface area contributed by atoms with Gasteiger partial charge in [-0.05, 0) is 26.0 Å². The van der Waals surface area contributed by atoms with Gasteiger partial charge in [0, 0.05) is 0 Å². The summed E-state index contributed by atoms with van der Waals surface area (Å²) in [5.41, 5.74) is 0.737. The van der Waals surface area contributed by atoms with Gasteiger partial charge in [-0.3, -0.25) is 0 Å². The lowest BCUT2D eigenvalue weighted by Gasteiger charge is -2.16. The molecule has 1 aromatic heterocycles. The highest BCUT2D eigenvalue weighted by Crippen LogP contribution is 2.29. The predicted octanol–water partition coefficient (Wildman–Crippen LogP) is 3.21. The highest BCUT2D eigenvalue weighted by Gasteiger charge is 2.25. The van der Waals surface area contributed by atoms with Crippen LogP contribution < -0.4 is 0 Å². The Bertz CT molecular complexity index is 624. The van der Waals surface area contributed by atoms with E-state index in [0.29, 0.717) is 11.3 Å². The van der Waals surface area contributed by atoms with Crippen LogP contribution in [0.3, 0.4) is 0 Å². The van der Waals surface area contributed by atoms with Gasteiger partial charge in [-0.25, -0.2) is 14.2 Å². The second kappa shape index (κ2) is 5.17. The number of hydrogen-bond donors (Lipinski definition) is 0. The highest BCUT2D eigenvalue weighted by molar-refractivity contribution is 6.20. The van der Waals surface area contributed by atoms with Crippen LogP contribution in [0.1, 0.15) is 31.1 Å². The quantitative estimate of drug-likeness (QED) is 0.642. The number of halogens is 2. The number of hydrogen-bond acceptors (Lipinski definition) is 3. The Labute approximate surface area is 115 Å². The van der Waals surface area contributed by atoms with Crippen LogP contribution in [0.15, 0.2) is 18.2 Å². The maximum atomic E-state index is 13.8. The molecule has 0 fully saturated rings. The maximum absolute atomic E-state index is 13.8. The van der Waals surface area contributed by atoms with Crippen LogP contribution in [0.5, 0.6) is 0 Å². The minimum atomic E-state index is -0.618. The number of benzene rings is 1. The smallest absolute Gasteiger partial charge is 0.328 e. The lowest BCUT2D eigenvalue weighted by molar-refractivity contribution is -0.143. The number of rotatable bonds is 3. The summed E-state index contributed by atoms with van der Waals surface area (Å²) in [6, 6.07) is 3.98. The van der Waals surface area contributed by atoms with Crippen LogP contribution >= 0.6 is 11.6 Å². The zero-order valence-corrected chi connectivity index (χ0v) is 11.6. The Balaban J connectivity index is 2.72. The molecular formula is C13H14ClFN2O2. The van der Waals surface area contributed by atoms with Crippen LogP contribution in [0, 0.1) is 5.82 Å². The third-order valence-corrected chi connectivity index (χ3v) is 3.18. The summed E-state index contributed by atoms with van der Waals surface area (Å²) in [6.45, 7) is 3.39. The Morgan fingerprint density at radius 1 is 1.47 bits per heavy atom. The number of imidazole rings is 1. The van der Waals surface area contributed by atoms with E-state index < -0.39 is 23.2 Å². The molecule has 2 unspecified atom stereocenters. The summed E-state index contributed by atoms with van der Waals surface area (Å²) in [4.78, 5) is 15.9. The minimum absolute atomic E-state index is 0.209. The standard InChI is InChI=1S/C13H14ClFN2O2/c1-7(14)12-16-11-9(15)5-4-6-10(11)17(12)8(2)13(18)19-3/h4-8H,1-3H3. The number of methoxy groups -OCH3 is 1. The van der Waals surface area contributed by atoms with Gasteiger partial charge < -0.3 is 9.30 Å². The average molecular weight is 285 g/mol. The molecule has 0 spiro atoms. The van der Waals surface area contributed by atoms with Gasteiger partial charge in [-0.1, -0.05) is 6.07 Å². The SMILES string of the molecule is COC(=O)C(C)n1c(C(C)Cl)nc2c(F)cccc21. The molecule has 0 saturated carbocycles. The summed E-state index contributed by atoms with van der Waals surface area (Å²) >= 11 is 6.07. The molecule has 0 amide bonds. The normalized spacial score (nSPS) is 14.4. The molecule has 19 heavy (non-hydrogen) atoms. The van der Waals surface area contributed by atoms with E-state index in [-0.39, 0.29) is 5.52 Å². The van der Waals surface area contributed by atoms with E-state index in [2.05, 4.69) is 4.98 Å². The molecule has 0 aliphatic carbocycles. The molecule has 0 aliphatic heterocycles. The Hall–Kier alpha value is -1.62. The second-order valence-corrected chi connectivity index (χ2v) is 4.92. The molecule has 1 aromatic carbocycles. The fourth-order valence-electron chi connectivity index (χ4n) is 2.06. The van der Waals surface area contributed by atoms with E-state index in [4.69, 9.17) is 16.3 Å². The van der Waals surface area contributed by atoms with Crippen molar-refractivity contribution >= 4 is 28.6 Å². The van der Waals surface area contributed by atoms with Crippen molar-refractivity contribution < 1.29 is 13.9 Å². The van der Waals surface area contributed by atoms with Gasteiger partial charge in [0.05, 0.1) is 18.0 Å². The van der Waals surface area contributed by atoms with E-state index >= 15 is 0 Å². The predicted molar refractivity (Wildman–Crippen MR) is 70.7 cm³/mol. The van der Waals surface area contributed by atoms with Crippen LogP contribution in [0.25, 0.3) is 11.0 Å². The van der Waals surface area contributed by atoms with E-state index in [1.165, 1.54) is 13.2 Å². The van der Waals surface area contributed by atoms with Gasteiger partial charge in [0.15, 0.2) is 5.82 Å². The summed E-state index contributed by atoms with van der Waals surface area (Å²) in [6.07, 6.45) is 0. The lowest BCUT2D eigenvalue weighted by Crippen LogP contribution is -2.20. The molecule has 0 aliphatic rings. The second-order valence-electron chi connectivity index (χ2n) is 4.26. The fraction of sp³-hybridized carbons (Fsp3) is 0.385. The van der Waals surface area contributed by atoms with Crippen molar-refractivity contribution in [2.75, 3.05) is 7.11 Å². The fourth-order valence-corrected chi connectivity index (χ4v) is 2.22. The first-order valence-electron chi connectivity index (χ1n) is 5.85. The van der Waals surface area contributed by atoms with Gasteiger partial charge in [0.1, 0.15) is 17.4 Å². The molecule has 102 valence electrons. The Morgan fingerprint density at radius 3 is 2.74 bits per heavy atom. The van der Waals surface area contributed by atoms with Crippen molar-refractivity contribution in [1.29, 1.82) is 0 Å². The Kier molecular flexibility index (Phi) is 3.75. The van der Waals surface area contributed by atoms with Crippen molar-refractivity contribution in [2.45, 2.75) is 25.3 Å². The number of fused-ring (bicyclic) bond motifs is 1. The first-order valence-corrected chi connectivity index (χ1v) is 6.29. The summed E-state index contributed by atoms with van der Waals surface area (Å²) < 4.78 is 20.1. The molecule has 0 N–H and O–H groups in total. The monoisotopic (exact) mass is 284 g/mol. The van der Waals surface area contributed by atoms with E-state index in [1.807, 2.05) is 0 Å². The minimum Gasteiger partial charge on any atom is -0.467 e. The average Bonchev–Trinajstić information content (AvgIpc) is 2.78. The van der Waals surface area contributed by atoms with E-state index in [9.17, 15) is 9.18 Å².